The van der Waals surface area contributed by atoms with Gasteiger partial charge in [-0.25, -0.2) is 0 Å². The predicted molar refractivity (Wildman–Crippen MR) is 83.8 cm³/mol. The van der Waals surface area contributed by atoms with Crippen LogP contribution in [0.25, 0.3) is 0 Å². The van der Waals surface area contributed by atoms with Gasteiger partial charge in [-0.2, -0.15) is 0 Å². The summed E-state index contributed by atoms with van der Waals surface area (Å²) < 4.78 is 0. The molecule has 108 valence electrons. The van der Waals surface area contributed by atoms with Gasteiger partial charge >= 0.3 is 0 Å². The molecule has 0 amide bonds. The molecule has 0 saturated heterocycles. The minimum absolute atomic E-state index is 0.102. The summed E-state index contributed by atoms with van der Waals surface area (Å²) in [4.78, 5) is 12.6. The van der Waals surface area contributed by atoms with Crippen LogP contribution in [0.1, 0.15) is 47.9 Å². The maximum atomic E-state index is 12.6. The van der Waals surface area contributed by atoms with Crippen LogP contribution < -0.4 is 0 Å². The molecule has 1 saturated carbocycles. The number of aliphatic hydroxyl groups excluding tert-OH is 1. The number of carbonyl (C=O) groups is 1. The first-order chi connectivity index (χ1) is 9.99. The van der Waals surface area contributed by atoms with Crippen LogP contribution in [-0.2, 0) is 4.79 Å². The van der Waals surface area contributed by atoms with Gasteiger partial charge in [-0.3, -0.25) is 4.79 Å². The minimum Gasteiger partial charge on any atom is -0.392 e. The van der Waals surface area contributed by atoms with Gasteiger partial charge in [-0.15, -0.1) is 18.3 Å². The Kier molecular flexibility index (Phi) is 4.51. The summed E-state index contributed by atoms with van der Waals surface area (Å²) >= 11 is 0. The van der Waals surface area contributed by atoms with Crippen LogP contribution in [0.5, 0.6) is 0 Å². The van der Waals surface area contributed by atoms with Gasteiger partial charge in [0.2, 0.25) is 0 Å². The lowest BCUT2D eigenvalue weighted by Crippen LogP contribution is -2.20. The van der Waals surface area contributed by atoms with Crippen molar-refractivity contribution in [3.63, 3.8) is 0 Å². The van der Waals surface area contributed by atoms with Crippen LogP contribution in [-0.4, -0.2) is 17.0 Å². The van der Waals surface area contributed by atoms with Crippen LogP contribution in [0.2, 0.25) is 0 Å². The largest absolute Gasteiger partial charge is 0.392 e. The molecule has 2 rings (SSSR count). The SMILES string of the molecule is C#Cc1cc(C)c(C2C(=O)C(CC#CC)CC2O)c(C)c1. The first-order valence-corrected chi connectivity index (χ1v) is 7.18. The number of Topliss-reactive ketones (excluding diaryl/α,β-unsaturated/α-hetero) is 1. The number of rotatable bonds is 2. The topological polar surface area (TPSA) is 37.3 Å². The second-order valence-electron chi connectivity index (χ2n) is 5.68. The van der Waals surface area contributed by atoms with E-state index in [1.54, 1.807) is 6.92 Å². The van der Waals surface area contributed by atoms with E-state index in [0.717, 1.165) is 22.3 Å². The van der Waals surface area contributed by atoms with Crippen LogP contribution in [0, 0.1) is 44.0 Å². The molecule has 1 aromatic rings. The van der Waals surface area contributed by atoms with Crippen molar-refractivity contribution in [2.75, 3.05) is 0 Å². The summed E-state index contributed by atoms with van der Waals surface area (Å²) in [6.07, 6.45) is 5.84. The Bertz CT molecular complexity index is 644. The molecule has 2 heteroatoms. The third-order valence-corrected chi connectivity index (χ3v) is 4.22. The molecule has 0 heterocycles. The van der Waals surface area contributed by atoms with Crippen LogP contribution in [0.3, 0.4) is 0 Å². The Morgan fingerprint density at radius 3 is 2.48 bits per heavy atom. The lowest BCUT2D eigenvalue weighted by Gasteiger charge is -2.19. The second-order valence-corrected chi connectivity index (χ2v) is 5.68. The highest BCUT2D eigenvalue weighted by atomic mass is 16.3. The minimum atomic E-state index is -0.629. The molecule has 1 N–H and O–H groups in total. The number of aryl methyl sites for hydroxylation is 2. The van der Waals surface area contributed by atoms with E-state index in [1.165, 1.54) is 0 Å². The number of terminal acetylenes is 1. The standard InChI is InChI=1S/C19H20O2/c1-5-7-8-15-11-16(20)18(19(15)21)17-12(3)9-14(6-2)10-13(17)4/h2,9-10,15-16,18,20H,8,11H2,1,3-4H3. The Labute approximate surface area is 126 Å². The molecule has 2 nitrogen and oxygen atoms in total. The van der Waals surface area contributed by atoms with Crippen molar-refractivity contribution < 1.29 is 9.90 Å². The normalized spacial score (nSPS) is 24.3. The van der Waals surface area contributed by atoms with E-state index in [-0.39, 0.29) is 11.7 Å². The number of benzene rings is 1. The molecule has 0 radical (unpaired) electrons. The molecule has 1 aromatic carbocycles. The van der Waals surface area contributed by atoms with E-state index in [0.29, 0.717) is 12.8 Å². The lowest BCUT2D eigenvalue weighted by atomic mass is 9.85. The van der Waals surface area contributed by atoms with Crippen molar-refractivity contribution in [3.8, 4) is 24.2 Å². The average Bonchev–Trinajstić information content (AvgIpc) is 2.71. The first-order valence-electron chi connectivity index (χ1n) is 7.18. The number of hydrogen-bond donors (Lipinski definition) is 1. The fraction of sp³-hybridized carbons (Fsp3) is 0.421. The molecular weight excluding hydrogens is 260 g/mol. The van der Waals surface area contributed by atoms with Crippen LogP contribution in [0.4, 0.5) is 0 Å². The predicted octanol–water partition coefficient (Wildman–Crippen LogP) is 2.73. The Balaban J connectivity index is 2.40. The molecule has 3 unspecified atom stereocenters. The van der Waals surface area contributed by atoms with Gasteiger partial charge in [0.15, 0.2) is 0 Å². The van der Waals surface area contributed by atoms with Gasteiger partial charge in [-0.05, 0) is 56.0 Å². The highest BCUT2D eigenvalue weighted by Crippen LogP contribution is 2.39. The zero-order valence-corrected chi connectivity index (χ0v) is 12.7. The zero-order chi connectivity index (χ0) is 15.6. The molecule has 1 aliphatic rings. The van der Waals surface area contributed by atoms with Gasteiger partial charge < -0.3 is 5.11 Å². The fourth-order valence-corrected chi connectivity index (χ4v) is 3.28. The third-order valence-electron chi connectivity index (χ3n) is 4.22. The summed E-state index contributed by atoms with van der Waals surface area (Å²) in [7, 11) is 0. The molecular formula is C19H20O2. The molecule has 1 fully saturated rings. The molecule has 0 aliphatic heterocycles. The number of carbonyl (C=O) groups excluding carboxylic acids is 1. The summed E-state index contributed by atoms with van der Waals surface area (Å²) in [5, 5.41) is 10.3. The van der Waals surface area contributed by atoms with Crippen molar-refractivity contribution in [1.82, 2.24) is 0 Å². The molecule has 0 aromatic heterocycles. The van der Waals surface area contributed by atoms with Crippen LogP contribution in [0.15, 0.2) is 12.1 Å². The lowest BCUT2D eigenvalue weighted by molar-refractivity contribution is -0.122. The van der Waals surface area contributed by atoms with E-state index in [9.17, 15) is 9.90 Å². The van der Waals surface area contributed by atoms with E-state index in [2.05, 4.69) is 17.8 Å². The molecule has 3 atom stereocenters. The van der Waals surface area contributed by atoms with E-state index < -0.39 is 12.0 Å². The van der Waals surface area contributed by atoms with Gasteiger partial charge in [-0.1, -0.05) is 5.92 Å². The zero-order valence-electron chi connectivity index (χ0n) is 12.7. The molecule has 0 bridgehead atoms. The Morgan fingerprint density at radius 1 is 1.33 bits per heavy atom. The Hall–Kier alpha value is -2.03. The molecule has 0 spiro atoms. The monoisotopic (exact) mass is 280 g/mol. The number of hydrogen-bond acceptors (Lipinski definition) is 2. The number of ketones is 1. The summed E-state index contributed by atoms with van der Waals surface area (Å²) in [5.74, 6) is 7.88. The molecule has 1 aliphatic carbocycles. The van der Waals surface area contributed by atoms with Gasteiger partial charge in [0.1, 0.15) is 5.78 Å². The molecule has 21 heavy (non-hydrogen) atoms. The maximum Gasteiger partial charge on any atom is 0.147 e. The fourth-order valence-electron chi connectivity index (χ4n) is 3.28. The second kappa shape index (κ2) is 6.17. The van der Waals surface area contributed by atoms with Gasteiger partial charge in [0, 0.05) is 17.9 Å². The van der Waals surface area contributed by atoms with Crippen molar-refractivity contribution in [3.05, 3.63) is 34.4 Å². The highest BCUT2D eigenvalue weighted by Gasteiger charge is 2.42. The van der Waals surface area contributed by atoms with Crippen molar-refractivity contribution >= 4 is 5.78 Å². The van der Waals surface area contributed by atoms with E-state index >= 15 is 0 Å². The summed E-state index contributed by atoms with van der Waals surface area (Å²) in [6.45, 7) is 5.66. The van der Waals surface area contributed by atoms with E-state index in [1.807, 2.05) is 26.0 Å². The van der Waals surface area contributed by atoms with Crippen molar-refractivity contribution in [2.24, 2.45) is 5.92 Å². The highest BCUT2D eigenvalue weighted by molar-refractivity contribution is 5.91. The number of aliphatic hydroxyl groups is 1. The van der Waals surface area contributed by atoms with Crippen molar-refractivity contribution in [2.45, 2.75) is 45.6 Å². The summed E-state index contributed by atoms with van der Waals surface area (Å²) in [5.41, 5.74) is 3.69. The Morgan fingerprint density at radius 2 is 1.95 bits per heavy atom. The van der Waals surface area contributed by atoms with Gasteiger partial charge in [0.25, 0.3) is 0 Å². The maximum absolute atomic E-state index is 12.6. The van der Waals surface area contributed by atoms with Crippen molar-refractivity contribution in [1.29, 1.82) is 0 Å². The third kappa shape index (κ3) is 2.87. The summed E-state index contributed by atoms with van der Waals surface area (Å²) in [6, 6.07) is 3.81. The van der Waals surface area contributed by atoms with Crippen LogP contribution >= 0.6 is 0 Å². The average molecular weight is 280 g/mol. The smallest absolute Gasteiger partial charge is 0.147 e. The van der Waals surface area contributed by atoms with E-state index in [4.69, 9.17) is 6.42 Å². The first kappa shape index (κ1) is 15.4. The quantitative estimate of drug-likeness (QED) is 0.846. The van der Waals surface area contributed by atoms with Gasteiger partial charge in [0.05, 0.1) is 12.0 Å².